The molecule has 0 aliphatic rings. The third-order valence-electron chi connectivity index (χ3n) is 3.87. The van der Waals surface area contributed by atoms with E-state index in [1.165, 1.54) is 16.9 Å². The number of thiocarbonyl (C=S) groups is 1. The minimum absolute atomic E-state index is 0.0607. The molecule has 11 heteroatoms. The first-order valence-electron chi connectivity index (χ1n) is 9.08. The van der Waals surface area contributed by atoms with Gasteiger partial charge >= 0.3 is 0 Å². The number of carbonyl (C=O) groups excluding carboxylic acids is 1. The lowest BCUT2D eigenvalue weighted by Crippen LogP contribution is -2.33. The molecule has 0 saturated heterocycles. The number of aromatic nitrogens is 4. The Morgan fingerprint density at radius 2 is 2.13 bits per heavy atom. The van der Waals surface area contributed by atoms with Gasteiger partial charge in [0.25, 0.3) is 5.95 Å². The van der Waals surface area contributed by atoms with E-state index in [4.69, 9.17) is 39.8 Å². The van der Waals surface area contributed by atoms with Gasteiger partial charge in [-0.3, -0.25) is 15.4 Å². The number of amides is 1. The lowest BCUT2D eigenvalue weighted by molar-refractivity contribution is -0.115. The summed E-state index contributed by atoms with van der Waals surface area (Å²) in [6.07, 6.45) is 4.77. The molecule has 0 atom stereocenters. The van der Waals surface area contributed by atoms with Gasteiger partial charge in [-0.2, -0.15) is 4.80 Å². The van der Waals surface area contributed by atoms with Crippen molar-refractivity contribution < 1.29 is 9.21 Å². The van der Waals surface area contributed by atoms with Gasteiger partial charge in [-0.25, -0.2) is 0 Å². The molecule has 0 radical (unpaired) electrons. The first-order valence-corrected chi connectivity index (χ1v) is 10.2. The van der Waals surface area contributed by atoms with E-state index in [2.05, 4.69) is 33.0 Å². The summed E-state index contributed by atoms with van der Waals surface area (Å²) in [6, 6.07) is 8.73. The van der Waals surface area contributed by atoms with Crippen LogP contribution < -0.4 is 10.6 Å². The van der Waals surface area contributed by atoms with Crippen molar-refractivity contribution in [3.63, 3.8) is 0 Å². The summed E-state index contributed by atoms with van der Waals surface area (Å²) < 4.78 is 5.70. The Morgan fingerprint density at radius 1 is 1.30 bits per heavy atom. The second kappa shape index (κ2) is 10.3. The predicted molar refractivity (Wildman–Crippen MR) is 120 cm³/mol. The number of hydrogen-bond donors (Lipinski definition) is 2. The maximum Gasteiger partial charge on any atom is 0.269 e. The quantitative estimate of drug-likeness (QED) is 0.390. The maximum absolute atomic E-state index is 12.1. The lowest BCUT2D eigenvalue weighted by atomic mass is 10.2. The van der Waals surface area contributed by atoms with Crippen molar-refractivity contribution >= 4 is 58.5 Å². The third kappa shape index (κ3) is 5.88. The van der Waals surface area contributed by atoms with E-state index in [0.29, 0.717) is 33.7 Å². The average Bonchev–Trinajstić information content (AvgIpc) is 3.36. The highest BCUT2D eigenvalue weighted by molar-refractivity contribution is 7.80. The zero-order chi connectivity index (χ0) is 21.5. The van der Waals surface area contributed by atoms with Crippen molar-refractivity contribution in [2.24, 2.45) is 0 Å². The second-order valence-electron chi connectivity index (χ2n) is 6.14. The largest absolute Gasteiger partial charge is 0.457 e. The molecule has 0 bridgehead atoms. The first kappa shape index (κ1) is 21.9. The molecule has 156 valence electrons. The standard InChI is InChI=1S/C19H18Cl2N6O2S/c1-2-3-11-27-25-18(24-26-27)23-19(30)22-16(28)10-8-12-7-9-15(29-12)13-5-4-6-14(20)17(13)21/h4-10H,2-3,11H2,1H3,(H2,22,23,25,28,30). The molecule has 0 fully saturated rings. The van der Waals surface area contributed by atoms with Crippen LogP contribution in [-0.4, -0.2) is 31.2 Å². The Bertz CT molecular complexity index is 1080. The number of anilines is 1. The van der Waals surface area contributed by atoms with E-state index in [0.717, 1.165) is 12.8 Å². The van der Waals surface area contributed by atoms with Crippen LogP contribution in [0, 0.1) is 0 Å². The van der Waals surface area contributed by atoms with Gasteiger partial charge in [-0.05, 0) is 54.2 Å². The fraction of sp³-hybridized carbons (Fsp3) is 0.211. The molecular weight excluding hydrogens is 447 g/mol. The Labute approximate surface area is 188 Å². The van der Waals surface area contributed by atoms with Crippen LogP contribution in [0.4, 0.5) is 5.95 Å². The minimum atomic E-state index is -0.440. The molecule has 1 aromatic carbocycles. The van der Waals surface area contributed by atoms with E-state index in [9.17, 15) is 4.79 Å². The van der Waals surface area contributed by atoms with Gasteiger partial charge in [0.2, 0.25) is 5.91 Å². The van der Waals surface area contributed by atoms with Crippen LogP contribution in [0.25, 0.3) is 17.4 Å². The molecule has 2 N–H and O–H groups in total. The summed E-state index contributed by atoms with van der Waals surface area (Å²) in [5, 5.41) is 18.0. The molecular formula is C19H18Cl2N6O2S. The van der Waals surface area contributed by atoms with E-state index >= 15 is 0 Å². The second-order valence-corrected chi connectivity index (χ2v) is 7.34. The summed E-state index contributed by atoms with van der Waals surface area (Å²) in [7, 11) is 0. The number of nitrogens with one attached hydrogen (secondary N) is 2. The SMILES string of the molecule is CCCCn1nnc(NC(=S)NC(=O)C=Cc2ccc(-c3cccc(Cl)c3Cl)o2)n1. The highest BCUT2D eigenvalue weighted by Gasteiger charge is 2.11. The van der Waals surface area contributed by atoms with Crippen molar-refractivity contribution in [2.45, 2.75) is 26.3 Å². The van der Waals surface area contributed by atoms with Gasteiger partial charge in [0.05, 0.1) is 16.6 Å². The zero-order valence-corrected chi connectivity index (χ0v) is 18.3. The van der Waals surface area contributed by atoms with Crippen LogP contribution in [0.15, 0.2) is 40.8 Å². The number of tetrazole rings is 1. The first-order chi connectivity index (χ1) is 14.5. The van der Waals surface area contributed by atoms with Crippen molar-refractivity contribution in [2.75, 3.05) is 5.32 Å². The van der Waals surface area contributed by atoms with Crippen LogP contribution in [-0.2, 0) is 11.3 Å². The van der Waals surface area contributed by atoms with Gasteiger partial charge in [-0.15, -0.1) is 5.10 Å². The normalized spacial score (nSPS) is 11.0. The molecule has 0 saturated carbocycles. The van der Waals surface area contributed by atoms with E-state index in [1.54, 1.807) is 30.3 Å². The minimum Gasteiger partial charge on any atom is -0.457 e. The van der Waals surface area contributed by atoms with Gasteiger partial charge in [0.1, 0.15) is 11.5 Å². The molecule has 8 nitrogen and oxygen atoms in total. The number of carbonyl (C=O) groups is 1. The topological polar surface area (TPSA) is 97.9 Å². The zero-order valence-electron chi connectivity index (χ0n) is 15.9. The fourth-order valence-electron chi connectivity index (χ4n) is 2.41. The fourth-order valence-corrected chi connectivity index (χ4v) is 3.00. The van der Waals surface area contributed by atoms with E-state index in [1.807, 2.05) is 0 Å². The smallest absolute Gasteiger partial charge is 0.269 e. The third-order valence-corrected chi connectivity index (χ3v) is 4.89. The molecule has 0 unspecified atom stereocenters. The summed E-state index contributed by atoms with van der Waals surface area (Å²) in [4.78, 5) is 13.5. The van der Waals surface area contributed by atoms with Gasteiger partial charge in [-0.1, -0.05) is 47.7 Å². The Kier molecular flexibility index (Phi) is 7.56. The number of hydrogen-bond acceptors (Lipinski definition) is 6. The maximum atomic E-state index is 12.1. The number of furan rings is 1. The Balaban J connectivity index is 1.54. The highest BCUT2D eigenvalue weighted by atomic mass is 35.5. The highest BCUT2D eigenvalue weighted by Crippen LogP contribution is 2.34. The number of unbranched alkanes of at least 4 members (excludes halogenated alkanes) is 1. The number of nitrogens with zero attached hydrogens (tertiary/aromatic N) is 4. The van der Waals surface area contributed by atoms with Gasteiger partial charge in [0, 0.05) is 11.6 Å². The molecule has 0 aliphatic carbocycles. The number of halogens is 2. The molecule has 0 spiro atoms. The van der Waals surface area contributed by atoms with E-state index in [-0.39, 0.29) is 11.1 Å². The lowest BCUT2D eigenvalue weighted by Gasteiger charge is -2.03. The summed E-state index contributed by atoms with van der Waals surface area (Å²) in [5.41, 5.74) is 0.665. The van der Waals surface area contributed by atoms with Crippen molar-refractivity contribution in [3.8, 4) is 11.3 Å². The van der Waals surface area contributed by atoms with Crippen LogP contribution in [0.5, 0.6) is 0 Å². The van der Waals surface area contributed by atoms with Crippen molar-refractivity contribution in [1.29, 1.82) is 0 Å². The summed E-state index contributed by atoms with van der Waals surface area (Å²) in [6.45, 7) is 2.74. The Hall–Kier alpha value is -2.75. The Morgan fingerprint density at radius 3 is 2.93 bits per heavy atom. The van der Waals surface area contributed by atoms with E-state index < -0.39 is 5.91 Å². The van der Waals surface area contributed by atoms with Crippen molar-refractivity contribution in [1.82, 2.24) is 25.5 Å². The van der Waals surface area contributed by atoms with Crippen LogP contribution in [0.2, 0.25) is 10.0 Å². The molecule has 2 heterocycles. The summed E-state index contributed by atoms with van der Waals surface area (Å²) in [5.74, 6) is 0.784. The van der Waals surface area contributed by atoms with Crippen LogP contribution in [0.1, 0.15) is 25.5 Å². The average molecular weight is 465 g/mol. The molecule has 1 amide bonds. The number of rotatable bonds is 7. The molecule has 0 aliphatic heterocycles. The monoisotopic (exact) mass is 464 g/mol. The molecule has 2 aromatic heterocycles. The van der Waals surface area contributed by atoms with Gasteiger partial charge in [0.15, 0.2) is 5.11 Å². The number of aryl methyl sites for hydroxylation is 1. The predicted octanol–water partition coefficient (Wildman–Crippen LogP) is 4.57. The van der Waals surface area contributed by atoms with Gasteiger partial charge < -0.3 is 4.42 Å². The van der Waals surface area contributed by atoms with Crippen LogP contribution >= 0.6 is 35.4 Å². The van der Waals surface area contributed by atoms with Crippen molar-refractivity contribution in [3.05, 3.63) is 52.2 Å². The summed E-state index contributed by atoms with van der Waals surface area (Å²) >= 11 is 17.3. The number of benzene rings is 1. The molecule has 3 aromatic rings. The van der Waals surface area contributed by atoms with Crippen LogP contribution in [0.3, 0.4) is 0 Å². The molecule has 3 rings (SSSR count). The molecule has 30 heavy (non-hydrogen) atoms.